The van der Waals surface area contributed by atoms with Gasteiger partial charge in [-0.3, -0.25) is 4.79 Å². The molecule has 0 aromatic rings. The summed E-state index contributed by atoms with van der Waals surface area (Å²) in [5, 5.41) is 0. The summed E-state index contributed by atoms with van der Waals surface area (Å²) in [5.74, 6) is 2.07. The number of ketones is 1. The highest BCUT2D eigenvalue weighted by atomic mass is 16.1. The summed E-state index contributed by atoms with van der Waals surface area (Å²) < 4.78 is 0. The molecule has 0 saturated heterocycles. The second-order valence-corrected chi connectivity index (χ2v) is 5.59. The van der Waals surface area contributed by atoms with Crippen LogP contribution in [-0.2, 0) is 4.79 Å². The average Bonchev–Trinajstić information content (AvgIpc) is 2.76. The summed E-state index contributed by atoms with van der Waals surface area (Å²) in [6, 6.07) is 0. The van der Waals surface area contributed by atoms with E-state index in [0.717, 1.165) is 18.3 Å². The Balaban J connectivity index is 2.00. The molecule has 2 atom stereocenters. The standard InChI is InChI=1S/C11H16O/c1-10(2)7-5-8(10)11(3-4-11)9(12)6-7/h7-8H,3-6H2,1-2H3/t7-,8-/m0/s1. The van der Waals surface area contributed by atoms with Crippen LogP contribution < -0.4 is 0 Å². The van der Waals surface area contributed by atoms with Crippen molar-refractivity contribution in [2.45, 2.75) is 39.5 Å². The van der Waals surface area contributed by atoms with Gasteiger partial charge in [0.05, 0.1) is 0 Å². The van der Waals surface area contributed by atoms with Crippen LogP contribution in [-0.4, -0.2) is 5.78 Å². The molecule has 0 N–H and O–H groups in total. The average molecular weight is 164 g/mol. The van der Waals surface area contributed by atoms with Gasteiger partial charge in [0.15, 0.2) is 0 Å². The van der Waals surface area contributed by atoms with E-state index in [-0.39, 0.29) is 5.41 Å². The lowest BCUT2D eigenvalue weighted by Crippen LogP contribution is -2.57. The Morgan fingerprint density at radius 2 is 2.00 bits per heavy atom. The van der Waals surface area contributed by atoms with Crippen LogP contribution in [0.1, 0.15) is 39.5 Å². The van der Waals surface area contributed by atoms with Crippen LogP contribution in [0.3, 0.4) is 0 Å². The van der Waals surface area contributed by atoms with Gasteiger partial charge in [0.25, 0.3) is 0 Å². The first-order valence-corrected chi connectivity index (χ1v) is 5.11. The quantitative estimate of drug-likeness (QED) is 0.537. The molecule has 4 rings (SSSR count). The largest absolute Gasteiger partial charge is 0.299 e. The molecule has 12 heavy (non-hydrogen) atoms. The molecule has 2 bridgehead atoms. The minimum Gasteiger partial charge on any atom is -0.299 e. The number of rotatable bonds is 0. The van der Waals surface area contributed by atoms with E-state index in [9.17, 15) is 4.79 Å². The fourth-order valence-corrected chi connectivity index (χ4v) is 3.68. The Morgan fingerprint density at radius 3 is 2.42 bits per heavy atom. The maximum atomic E-state index is 11.7. The van der Waals surface area contributed by atoms with Crippen LogP contribution in [0, 0.1) is 22.7 Å². The lowest BCUT2D eigenvalue weighted by atomic mass is 9.44. The third-order valence-electron chi connectivity index (χ3n) is 4.91. The number of Topliss-reactive ketones (excluding diaryl/α,β-unsaturated/α-hetero) is 1. The van der Waals surface area contributed by atoms with Gasteiger partial charge in [-0.1, -0.05) is 13.8 Å². The molecule has 1 spiro atoms. The number of carbonyl (C=O) groups is 1. The molecule has 0 aliphatic heterocycles. The Kier molecular flexibility index (Phi) is 0.971. The first-order valence-electron chi connectivity index (χ1n) is 5.11. The molecule has 4 saturated carbocycles. The van der Waals surface area contributed by atoms with Gasteiger partial charge >= 0.3 is 0 Å². The zero-order valence-corrected chi connectivity index (χ0v) is 7.89. The van der Waals surface area contributed by atoms with Gasteiger partial charge in [0.1, 0.15) is 5.78 Å². The first kappa shape index (κ1) is 7.11. The Morgan fingerprint density at radius 1 is 1.33 bits per heavy atom. The molecule has 1 heteroatoms. The Bertz CT molecular complexity index is 260. The van der Waals surface area contributed by atoms with E-state index >= 15 is 0 Å². The number of fused-ring (bicyclic) bond motifs is 1. The topological polar surface area (TPSA) is 17.1 Å². The van der Waals surface area contributed by atoms with E-state index in [4.69, 9.17) is 0 Å². The van der Waals surface area contributed by atoms with E-state index < -0.39 is 0 Å². The maximum absolute atomic E-state index is 11.7. The van der Waals surface area contributed by atoms with Crippen LogP contribution in [0.4, 0.5) is 0 Å². The zero-order valence-electron chi connectivity index (χ0n) is 7.89. The molecule has 66 valence electrons. The van der Waals surface area contributed by atoms with Crippen LogP contribution in [0.5, 0.6) is 0 Å². The summed E-state index contributed by atoms with van der Waals surface area (Å²) in [6.45, 7) is 4.72. The molecule has 0 radical (unpaired) electrons. The highest BCUT2D eigenvalue weighted by Crippen LogP contribution is 2.72. The second-order valence-electron chi connectivity index (χ2n) is 5.59. The minimum atomic E-state index is 0.207. The van der Waals surface area contributed by atoms with Crippen molar-refractivity contribution >= 4 is 5.78 Å². The van der Waals surface area contributed by atoms with Crippen molar-refractivity contribution in [2.24, 2.45) is 22.7 Å². The van der Waals surface area contributed by atoms with E-state index in [1.165, 1.54) is 19.3 Å². The van der Waals surface area contributed by atoms with Crippen LogP contribution in [0.25, 0.3) is 0 Å². The zero-order chi connectivity index (χ0) is 8.56. The summed E-state index contributed by atoms with van der Waals surface area (Å²) in [7, 11) is 0. The van der Waals surface area contributed by atoms with Crippen molar-refractivity contribution < 1.29 is 4.79 Å². The van der Waals surface area contributed by atoms with Crippen LogP contribution in [0.2, 0.25) is 0 Å². The lowest BCUT2D eigenvalue weighted by Gasteiger charge is -2.60. The summed E-state index contributed by atoms with van der Waals surface area (Å²) >= 11 is 0. The van der Waals surface area contributed by atoms with Crippen molar-refractivity contribution in [3.05, 3.63) is 0 Å². The van der Waals surface area contributed by atoms with Gasteiger partial charge in [0, 0.05) is 11.8 Å². The molecular formula is C11H16O. The predicted octanol–water partition coefficient (Wildman–Crippen LogP) is 2.40. The highest BCUT2D eigenvalue weighted by Gasteiger charge is 2.69. The van der Waals surface area contributed by atoms with Crippen molar-refractivity contribution in [1.29, 1.82) is 0 Å². The lowest BCUT2D eigenvalue weighted by molar-refractivity contribution is -0.159. The van der Waals surface area contributed by atoms with Gasteiger partial charge in [0.2, 0.25) is 0 Å². The summed E-state index contributed by atoms with van der Waals surface area (Å²) in [4.78, 5) is 11.7. The minimum absolute atomic E-state index is 0.207. The Labute approximate surface area is 73.5 Å². The number of carbonyl (C=O) groups excluding carboxylic acids is 1. The molecule has 0 amide bonds. The van der Waals surface area contributed by atoms with Gasteiger partial charge in [-0.05, 0) is 36.5 Å². The maximum Gasteiger partial charge on any atom is 0.139 e. The fraction of sp³-hybridized carbons (Fsp3) is 0.909. The predicted molar refractivity (Wildman–Crippen MR) is 46.7 cm³/mol. The van der Waals surface area contributed by atoms with Crippen molar-refractivity contribution in [2.75, 3.05) is 0 Å². The molecule has 0 aromatic carbocycles. The van der Waals surface area contributed by atoms with Gasteiger partial charge in [-0.25, -0.2) is 0 Å². The highest BCUT2D eigenvalue weighted by molar-refractivity contribution is 5.90. The van der Waals surface area contributed by atoms with E-state index in [1.54, 1.807) is 0 Å². The second kappa shape index (κ2) is 1.64. The van der Waals surface area contributed by atoms with Gasteiger partial charge in [-0.2, -0.15) is 0 Å². The molecule has 4 aliphatic carbocycles. The van der Waals surface area contributed by atoms with Gasteiger partial charge < -0.3 is 0 Å². The van der Waals surface area contributed by atoms with Crippen LogP contribution >= 0.6 is 0 Å². The molecule has 0 heterocycles. The number of hydrogen-bond acceptors (Lipinski definition) is 1. The van der Waals surface area contributed by atoms with Crippen LogP contribution in [0.15, 0.2) is 0 Å². The Hall–Kier alpha value is -0.330. The van der Waals surface area contributed by atoms with Gasteiger partial charge in [-0.15, -0.1) is 0 Å². The third kappa shape index (κ3) is 0.541. The van der Waals surface area contributed by atoms with Crippen molar-refractivity contribution in [3.63, 3.8) is 0 Å². The summed E-state index contributed by atoms with van der Waals surface area (Å²) in [5.41, 5.74) is 0.697. The van der Waals surface area contributed by atoms with E-state index in [2.05, 4.69) is 13.8 Å². The monoisotopic (exact) mass is 164 g/mol. The number of hydrogen-bond donors (Lipinski definition) is 0. The first-order chi connectivity index (χ1) is 5.57. The molecule has 1 nitrogen and oxygen atoms in total. The SMILES string of the molecule is CC1(C)[C@@H]2CC(=O)C3(CC3)[C@H]1C2. The third-order valence-corrected chi connectivity index (χ3v) is 4.91. The molecule has 4 fully saturated rings. The smallest absolute Gasteiger partial charge is 0.139 e. The van der Waals surface area contributed by atoms with E-state index in [1.807, 2.05) is 0 Å². The molecule has 4 aliphatic rings. The molecule has 0 unspecified atom stereocenters. The van der Waals surface area contributed by atoms with Crippen molar-refractivity contribution in [1.82, 2.24) is 0 Å². The summed E-state index contributed by atoms with van der Waals surface area (Å²) in [6.07, 6.45) is 4.64. The molecule has 0 aromatic heterocycles. The fourth-order valence-electron chi connectivity index (χ4n) is 3.68. The van der Waals surface area contributed by atoms with Crippen molar-refractivity contribution in [3.8, 4) is 0 Å². The van der Waals surface area contributed by atoms with E-state index in [0.29, 0.717) is 11.2 Å². The molecular weight excluding hydrogens is 148 g/mol. The normalized spacial score (nSPS) is 45.7.